The Kier molecular flexibility index (Phi) is 5.72. The van der Waals surface area contributed by atoms with Gasteiger partial charge in [-0.05, 0) is 76.8 Å². The molecule has 7 aromatic carbocycles. The van der Waals surface area contributed by atoms with Gasteiger partial charge in [-0.3, -0.25) is 4.99 Å². The summed E-state index contributed by atoms with van der Waals surface area (Å²) in [6.07, 6.45) is 0. The zero-order valence-corrected chi connectivity index (χ0v) is 24.7. The van der Waals surface area contributed by atoms with Gasteiger partial charge in [-0.15, -0.1) is 0 Å². The van der Waals surface area contributed by atoms with Crippen LogP contribution in [-0.4, -0.2) is 11.3 Å². The predicted octanol–water partition coefficient (Wildman–Crippen LogP) is 11.3. The molecule has 212 valence electrons. The van der Waals surface area contributed by atoms with E-state index < -0.39 is 0 Å². The fraction of sp³-hybridized carbons (Fsp3) is 0.0238. The lowest BCUT2D eigenvalue weighted by Crippen LogP contribution is -2.21. The summed E-state index contributed by atoms with van der Waals surface area (Å²) < 4.78 is 2.46. The number of aromatic nitrogens is 1. The van der Waals surface area contributed by atoms with Crippen LogP contribution in [0, 0.1) is 0 Å². The van der Waals surface area contributed by atoms with Gasteiger partial charge in [0.2, 0.25) is 0 Å². The van der Waals surface area contributed by atoms with Gasteiger partial charge < -0.3 is 9.47 Å². The summed E-state index contributed by atoms with van der Waals surface area (Å²) in [7, 11) is 0. The van der Waals surface area contributed by atoms with Crippen LogP contribution in [0.3, 0.4) is 0 Å². The van der Waals surface area contributed by atoms with Crippen molar-refractivity contribution in [1.29, 1.82) is 0 Å². The number of anilines is 2. The van der Waals surface area contributed by atoms with Crippen LogP contribution >= 0.6 is 0 Å². The molecule has 0 unspecified atom stereocenters. The van der Waals surface area contributed by atoms with Gasteiger partial charge in [-0.1, -0.05) is 109 Å². The third kappa shape index (κ3) is 3.94. The van der Waals surface area contributed by atoms with Crippen molar-refractivity contribution in [1.82, 2.24) is 4.57 Å². The Morgan fingerprint density at radius 1 is 0.533 bits per heavy atom. The lowest BCUT2D eigenvalue weighted by molar-refractivity contribution is 0.959. The van der Waals surface area contributed by atoms with Crippen molar-refractivity contribution in [3.63, 3.8) is 0 Å². The number of nitrogens with zero attached hydrogens (tertiary/aromatic N) is 3. The molecule has 2 heterocycles. The molecule has 0 N–H and O–H groups in total. The fourth-order valence-corrected chi connectivity index (χ4v) is 7.19. The maximum atomic E-state index is 4.36. The molecular weight excluding hydrogens is 546 g/mol. The van der Waals surface area contributed by atoms with E-state index in [0.29, 0.717) is 0 Å². The maximum Gasteiger partial charge on any atom is 0.0859 e. The second kappa shape index (κ2) is 10.1. The molecular formula is C42H29N3. The average molecular weight is 576 g/mol. The molecule has 0 radical (unpaired) electrons. The van der Waals surface area contributed by atoms with Gasteiger partial charge in [0, 0.05) is 39.6 Å². The molecule has 45 heavy (non-hydrogen) atoms. The second-order valence-electron chi connectivity index (χ2n) is 11.7. The topological polar surface area (TPSA) is 20.5 Å². The summed E-state index contributed by atoms with van der Waals surface area (Å²) >= 11 is 0. The summed E-state index contributed by atoms with van der Waals surface area (Å²) in [5, 5.41) is 4.99. The largest absolute Gasteiger partial charge is 0.335 e. The first-order chi connectivity index (χ1) is 22.3. The molecule has 3 nitrogen and oxygen atoms in total. The van der Waals surface area contributed by atoms with E-state index in [0.717, 1.165) is 23.6 Å². The third-order valence-corrected chi connectivity index (χ3v) is 9.27. The highest BCUT2D eigenvalue weighted by atomic mass is 15.2. The average Bonchev–Trinajstić information content (AvgIpc) is 3.45. The zero-order chi connectivity index (χ0) is 29.9. The second-order valence-corrected chi connectivity index (χ2v) is 11.7. The number of hydrogen-bond acceptors (Lipinski definition) is 2. The quantitative estimate of drug-likeness (QED) is 0.191. The van der Waals surface area contributed by atoms with Crippen molar-refractivity contribution in [3.05, 3.63) is 157 Å². The van der Waals surface area contributed by atoms with Crippen molar-refractivity contribution in [2.24, 2.45) is 4.99 Å². The number of rotatable bonds is 4. The van der Waals surface area contributed by atoms with Gasteiger partial charge in [-0.25, -0.2) is 0 Å². The van der Waals surface area contributed by atoms with Gasteiger partial charge >= 0.3 is 0 Å². The Hall–Kier alpha value is -5.93. The molecule has 0 amide bonds. The Morgan fingerprint density at radius 3 is 2.24 bits per heavy atom. The first kappa shape index (κ1) is 25.6. The highest BCUT2D eigenvalue weighted by Crippen LogP contribution is 2.47. The summed E-state index contributed by atoms with van der Waals surface area (Å²) in [5.74, 6) is 0. The number of para-hydroxylation sites is 2. The molecule has 0 bridgehead atoms. The van der Waals surface area contributed by atoms with Crippen LogP contribution in [0.4, 0.5) is 17.1 Å². The van der Waals surface area contributed by atoms with E-state index in [1.807, 2.05) is 12.1 Å². The van der Waals surface area contributed by atoms with Crippen LogP contribution in [0.25, 0.3) is 60.5 Å². The minimum Gasteiger partial charge on any atom is -0.335 e. The van der Waals surface area contributed by atoms with Gasteiger partial charge in [0.1, 0.15) is 0 Å². The maximum absolute atomic E-state index is 4.36. The van der Waals surface area contributed by atoms with Crippen LogP contribution < -0.4 is 4.90 Å². The lowest BCUT2D eigenvalue weighted by Gasteiger charge is -2.34. The number of fused-ring (bicyclic) bond motifs is 8. The summed E-state index contributed by atoms with van der Waals surface area (Å²) in [6.45, 7) is 4.64. The van der Waals surface area contributed by atoms with Crippen molar-refractivity contribution >= 4 is 56.4 Å². The van der Waals surface area contributed by atoms with Gasteiger partial charge in [-0.2, -0.15) is 0 Å². The Labute approximate surface area is 262 Å². The van der Waals surface area contributed by atoms with Crippen molar-refractivity contribution in [2.45, 2.75) is 6.54 Å². The Bertz CT molecular complexity index is 2430. The van der Waals surface area contributed by atoms with Gasteiger partial charge in [0.15, 0.2) is 0 Å². The molecule has 0 atom stereocenters. The van der Waals surface area contributed by atoms with E-state index in [2.05, 4.69) is 161 Å². The first-order valence-corrected chi connectivity index (χ1v) is 15.4. The van der Waals surface area contributed by atoms with E-state index in [4.69, 9.17) is 0 Å². The molecule has 1 aromatic heterocycles. The van der Waals surface area contributed by atoms with Gasteiger partial charge in [0.05, 0.1) is 22.4 Å². The van der Waals surface area contributed by atoms with E-state index in [1.54, 1.807) is 0 Å². The van der Waals surface area contributed by atoms with Crippen LogP contribution in [0.5, 0.6) is 0 Å². The molecule has 0 aliphatic carbocycles. The highest BCUT2D eigenvalue weighted by Gasteiger charge is 2.26. The minimum atomic E-state index is 0.775. The van der Waals surface area contributed by atoms with E-state index in [1.165, 1.54) is 66.1 Å². The molecule has 1 aliphatic rings. The minimum absolute atomic E-state index is 0.775. The summed E-state index contributed by atoms with van der Waals surface area (Å²) in [6, 6.07) is 54.8. The van der Waals surface area contributed by atoms with Gasteiger partial charge in [0.25, 0.3) is 0 Å². The van der Waals surface area contributed by atoms with Crippen LogP contribution in [0.1, 0.15) is 5.56 Å². The number of aliphatic imine (C=N–C) groups is 1. The predicted molar refractivity (Wildman–Crippen MR) is 191 cm³/mol. The normalized spacial score (nSPS) is 12.4. The molecule has 0 saturated carbocycles. The van der Waals surface area contributed by atoms with E-state index >= 15 is 0 Å². The molecule has 0 spiro atoms. The standard InChI is InChI=1S/C42H29N3/c1-43-38-17-9-10-18-41(38)44-27-31-14-6-7-15-33(31)37-26-32(21-24-39(37)44)45-40-23-20-30(28-11-3-2-4-12-28)25-36(40)35-22-19-29-13-5-8-16-34(29)42(35)45/h2-26H,1,27H2. The van der Waals surface area contributed by atoms with E-state index in [9.17, 15) is 0 Å². The summed E-state index contributed by atoms with van der Waals surface area (Å²) in [4.78, 5) is 6.74. The lowest BCUT2D eigenvalue weighted by atomic mass is 9.92. The summed E-state index contributed by atoms with van der Waals surface area (Å²) in [5.41, 5.74) is 12.9. The molecule has 3 heteroatoms. The monoisotopic (exact) mass is 575 g/mol. The van der Waals surface area contributed by atoms with Crippen LogP contribution in [0.2, 0.25) is 0 Å². The molecule has 9 rings (SSSR count). The Morgan fingerprint density at radius 2 is 1.33 bits per heavy atom. The molecule has 8 aromatic rings. The smallest absolute Gasteiger partial charge is 0.0859 e. The van der Waals surface area contributed by atoms with Crippen LogP contribution in [0.15, 0.2) is 157 Å². The van der Waals surface area contributed by atoms with E-state index in [-0.39, 0.29) is 0 Å². The van der Waals surface area contributed by atoms with Crippen LogP contribution in [-0.2, 0) is 6.54 Å². The first-order valence-electron chi connectivity index (χ1n) is 15.4. The molecule has 1 aliphatic heterocycles. The fourth-order valence-electron chi connectivity index (χ4n) is 7.19. The van der Waals surface area contributed by atoms with Crippen molar-refractivity contribution in [2.75, 3.05) is 4.90 Å². The zero-order valence-electron chi connectivity index (χ0n) is 24.7. The number of hydrogen-bond donors (Lipinski definition) is 0. The Balaban J connectivity index is 1.33. The number of benzene rings is 7. The molecule has 0 saturated heterocycles. The highest BCUT2D eigenvalue weighted by molar-refractivity contribution is 6.19. The molecule has 0 fully saturated rings. The third-order valence-electron chi connectivity index (χ3n) is 9.27. The van der Waals surface area contributed by atoms with Crippen molar-refractivity contribution in [3.8, 4) is 27.9 Å². The SMILES string of the molecule is C=Nc1ccccc1N1Cc2ccccc2-c2cc(-n3c4ccc(-c5ccccc5)cc4c4ccc5ccccc5c43)ccc21. The van der Waals surface area contributed by atoms with Crippen molar-refractivity contribution < 1.29 is 0 Å².